The van der Waals surface area contributed by atoms with E-state index in [-0.39, 0.29) is 36.3 Å². The van der Waals surface area contributed by atoms with Gasteiger partial charge in [-0.15, -0.1) is 0 Å². The molecule has 2 fully saturated rings. The molecular formula is C24H25ClN2O3. The van der Waals surface area contributed by atoms with Gasteiger partial charge in [0.1, 0.15) is 12.6 Å². The molecule has 0 spiro atoms. The molecule has 2 amide bonds. The van der Waals surface area contributed by atoms with Gasteiger partial charge in [0.15, 0.2) is 5.76 Å². The van der Waals surface area contributed by atoms with Crippen LogP contribution >= 0.6 is 11.6 Å². The first kappa shape index (κ1) is 20.5. The molecule has 2 aromatic carbocycles. The van der Waals surface area contributed by atoms with Gasteiger partial charge in [-0.25, -0.2) is 0 Å². The minimum Gasteiger partial charge on any atom is -0.482 e. The van der Waals surface area contributed by atoms with E-state index in [4.69, 9.17) is 16.3 Å². The second-order valence-electron chi connectivity index (χ2n) is 7.73. The summed E-state index contributed by atoms with van der Waals surface area (Å²) < 4.78 is 6.08. The van der Waals surface area contributed by atoms with Crippen LogP contribution in [0.25, 0.3) is 6.08 Å². The van der Waals surface area contributed by atoms with E-state index in [2.05, 4.69) is 5.32 Å². The molecular weight excluding hydrogens is 400 g/mol. The number of nitrogens with one attached hydrogen (secondary N) is 1. The van der Waals surface area contributed by atoms with Crippen molar-refractivity contribution in [1.82, 2.24) is 10.2 Å². The first-order chi connectivity index (χ1) is 14.6. The molecule has 1 saturated carbocycles. The topological polar surface area (TPSA) is 58.6 Å². The molecule has 2 aromatic rings. The number of carbonyl (C=O) groups is 2. The van der Waals surface area contributed by atoms with Crippen LogP contribution in [0, 0.1) is 0 Å². The maximum Gasteiger partial charge on any atom is 0.289 e. The van der Waals surface area contributed by atoms with Gasteiger partial charge in [-0.2, -0.15) is 0 Å². The number of benzene rings is 2. The molecule has 6 heteroatoms. The van der Waals surface area contributed by atoms with E-state index in [0.717, 1.165) is 36.8 Å². The lowest BCUT2D eigenvalue weighted by atomic mass is 9.89. The summed E-state index contributed by atoms with van der Waals surface area (Å²) in [6.45, 7) is 0.463. The minimum atomic E-state index is -0.257. The highest BCUT2D eigenvalue weighted by Crippen LogP contribution is 2.33. The van der Waals surface area contributed by atoms with Crippen LogP contribution in [0.1, 0.15) is 36.8 Å². The number of ether oxygens (including phenoxy) is 1. The lowest BCUT2D eigenvalue weighted by Gasteiger charge is -2.44. The van der Waals surface area contributed by atoms with Crippen LogP contribution in [0.3, 0.4) is 0 Å². The molecule has 1 aliphatic heterocycles. The van der Waals surface area contributed by atoms with Crippen molar-refractivity contribution in [2.45, 2.75) is 44.4 Å². The van der Waals surface area contributed by atoms with Crippen LogP contribution in [0.15, 0.2) is 60.4 Å². The van der Waals surface area contributed by atoms with Gasteiger partial charge in [0, 0.05) is 11.6 Å². The van der Waals surface area contributed by atoms with Gasteiger partial charge in [-0.1, -0.05) is 66.6 Å². The smallest absolute Gasteiger partial charge is 0.289 e. The van der Waals surface area contributed by atoms with Gasteiger partial charge in [-0.3, -0.25) is 9.59 Å². The lowest BCUT2D eigenvalue weighted by molar-refractivity contribution is -0.151. The summed E-state index contributed by atoms with van der Waals surface area (Å²) in [5.41, 5.74) is 1.75. The minimum absolute atomic E-state index is 0.0239. The summed E-state index contributed by atoms with van der Waals surface area (Å²) in [6.07, 6.45) is 5.41. The molecule has 1 heterocycles. The number of amides is 2. The van der Waals surface area contributed by atoms with Crippen LogP contribution in [0.4, 0.5) is 0 Å². The predicted molar refractivity (Wildman–Crippen MR) is 117 cm³/mol. The average molecular weight is 425 g/mol. The van der Waals surface area contributed by atoms with E-state index in [1.54, 1.807) is 17.0 Å². The van der Waals surface area contributed by atoms with E-state index in [0.29, 0.717) is 11.6 Å². The van der Waals surface area contributed by atoms with Crippen molar-refractivity contribution in [3.8, 4) is 0 Å². The van der Waals surface area contributed by atoms with Crippen LogP contribution in [-0.2, 0) is 20.9 Å². The predicted octanol–water partition coefficient (Wildman–Crippen LogP) is 4.17. The monoisotopic (exact) mass is 424 g/mol. The molecule has 2 aliphatic rings. The zero-order valence-electron chi connectivity index (χ0n) is 16.7. The fourth-order valence-corrected chi connectivity index (χ4v) is 4.29. The van der Waals surface area contributed by atoms with Crippen molar-refractivity contribution in [2.24, 2.45) is 0 Å². The molecule has 1 aliphatic carbocycles. The molecule has 2 unspecified atom stereocenters. The van der Waals surface area contributed by atoms with E-state index in [9.17, 15) is 9.59 Å². The number of rotatable bonds is 5. The molecule has 1 saturated heterocycles. The Balaban J connectivity index is 1.51. The first-order valence-corrected chi connectivity index (χ1v) is 10.7. The Morgan fingerprint density at radius 2 is 1.83 bits per heavy atom. The van der Waals surface area contributed by atoms with Crippen LogP contribution in [-0.4, -0.2) is 35.4 Å². The quantitative estimate of drug-likeness (QED) is 0.733. The van der Waals surface area contributed by atoms with Crippen LogP contribution in [0.5, 0.6) is 0 Å². The van der Waals surface area contributed by atoms with Crippen molar-refractivity contribution in [1.29, 1.82) is 0 Å². The molecule has 30 heavy (non-hydrogen) atoms. The van der Waals surface area contributed by atoms with Crippen molar-refractivity contribution in [3.63, 3.8) is 0 Å². The molecule has 0 bridgehead atoms. The van der Waals surface area contributed by atoms with Gasteiger partial charge >= 0.3 is 0 Å². The Hall–Kier alpha value is -2.79. The standard InChI is InChI=1S/C24H25ClN2O3/c25-19-11-5-4-10-18(19)14-22-24(29)27(20-12-6-7-13-21(20)30-22)16-23(28)26-15-17-8-2-1-3-9-17/h1-5,8-11,14,20-21H,6-7,12-13,15-16H2,(H,26,28)/b22-14+. The zero-order chi connectivity index (χ0) is 20.9. The first-order valence-electron chi connectivity index (χ1n) is 10.4. The van der Waals surface area contributed by atoms with Crippen LogP contribution < -0.4 is 5.32 Å². The number of fused-ring (bicyclic) bond motifs is 1. The number of hydrogen-bond acceptors (Lipinski definition) is 3. The molecule has 2 atom stereocenters. The summed E-state index contributed by atoms with van der Waals surface area (Å²) in [5, 5.41) is 3.48. The van der Waals surface area contributed by atoms with E-state index >= 15 is 0 Å². The number of halogens is 1. The molecule has 156 valence electrons. The number of carbonyl (C=O) groups excluding carboxylic acids is 2. The van der Waals surface area contributed by atoms with E-state index < -0.39 is 0 Å². The third-order valence-electron chi connectivity index (χ3n) is 5.66. The van der Waals surface area contributed by atoms with Crippen molar-refractivity contribution in [2.75, 3.05) is 6.54 Å². The van der Waals surface area contributed by atoms with Crippen LogP contribution in [0.2, 0.25) is 5.02 Å². The highest BCUT2D eigenvalue weighted by molar-refractivity contribution is 6.32. The van der Waals surface area contributed by atoms with Gasteiger partial charge in [0.2, 0.25) is 5.91 Å². The van der Waals surface area contributed by atoms with E-state index in [1.807, 2.05) is 48.5 Å². The second kappa shape index (κ2) is 9.35. The second-order valence-corrected chi connectivity index (χ2v) is 8.14. The molecule has 0 radical (unpaired) electrons. The fraction of sp³-hybridized carbons (Fsp3) is 0.333. The number of nitrogens with zero attached hydrogens (tertiary/aromatic N) is 1. The van der Waals surface area contributed by atoms with Gasteiger partial charge in [-0.05, 0) is 42.5 Å². The summed E-state index contributed by atoms with van der Waals surface area (Å²) in [7, 11) is 0. The molecule has 0 aromatic heterocycles. The van der Waals surface area contributed by atoms with Crippen molar-refractivity contribution < 1.29 is 14.3 Å². The Morgan fingerprint density at radius 1 is 1.10 bits per heavy atom. The molecule has 1 N–H and O–H groups in total. The molecule has 5 nitrogen and oxygen atoms in total. The average Bonchev–Trinajstić information content (AvgIpc) is 2.77. The molecule has 4 rings (SSSR count). The maximum absolute atomic E-state index is 13.2. The number of hydrogen-bond donors (Lipinski definition) is 1. The normalized spacial score (nSPS) is 22.4. The Morgan fingerprint density at radius 3 is 2.63 bits per heavy atom. The fourth-order valence-electron chi connectivity index (χ4n) is 4.10. The Labute approximate surface area is 181 Å². The van der Waals surface area contributed by atoms with Crippen molar-refractivity contribution >= 4 is 29.5 Å². The summed E-state index contributed by atoms with van der Waals surface area (Å²) >= 11 is 6.26. The number of morpholine rings is 1. The third kappa shape index (κ3) is 4.68. The lowest BCUT2D eigenvalue weighted by Crippen LogP contribution is -2.57. The van der Waals surface area contributed by atoms with Crippen molar-refractivity contribution in [3.05, 3.63) is 76.5 Å². The SMILES string of the molecule is O=C(CN1C(=O)/C(=C\c2ccccc2Cl)OC2CCCCC21)NCc1ccccc1. The summed E-state index contributed by atoms with van der Waals surface area (Å²) in [4.78, 5) is 27.5. The Bertz CT molecular complexity index is 944. The maximum atomic E-state index is 13.2. The summed E-state index contributed by atoms with van der Waals surface area (Å²) in [5.74, 6) is -0.175. The Kier molecular flexibility index (Phi) is 6.38. The highest BCUT2D eigenvalue weighted by atomic mass is 35.5. The summed E-state index contributed by atoms with van der Waals surface area (Å²) in [6, 6.07) is 17.0. The zero-order valence-corrected chi connectivity index (χ0v) is 17.5. The van der Waals surface area contributed by atoms with Gasteiger partial charge < -0.3 is 15.0 Å². The third-order valence-corrected chi connectivity index (χ3v) is 6.00. The van der Waals surface area contributed by atoms with Gasteiger partial charge in [0.05, 0.1) is 6.04 Å². The van der Waals surface area contributed by atoms with E-state index in [1.165, 1.54) is 0 Å². The highest BCUT2D eigenvalue weighted by Gasteiger charge is 2.42. The largest absolute Gasteiger partial charge is 0.482 e. The van der Waals surface area contributed by atoms with Gasteiger partial charge in [0.25, 0.3) is 5.91 Å².